The molecule has 0 amide bonds. The summed E-state index contributed by atoms with van der Waals surface area (Å²) in [6.07, 6.45) is 10.8. The highest BCUT2D eigenvalue weighted by atomic mass is 13.9. The van der Waals surface area contributed by atoms with E-state index in [4.69, 9.17) is 0 Å². The maximum absolute atomic E-state index is 3.83. The third-order valence-corrected chi connectivity index (χ3v) is 1.95. The Balaban J connectivity index is -0.0000000862. The number of hydrogen-bond acceptors (Lipinski definition) is 0. The number of hydrogen-bond donors (Lipinski definition) is 0. The maximum atomic E-state index is 3.83. The molecular weight excluding hydrogens is 300 g/mol. The first kappa shape index (κ1) is 34.1. The summed E-state index contributed by atoms with van der Waals surface area (Å²) < 4.78 is 0. The molecule has 0 bridgehead atoms. The summed E-state index contributed by atoms with van der Waals surface area (Å²) in [5.74, 6) is 0. The van der Waals surface area contributed by atoms with Gasteiger partial charge >= 0.3 is 0 Å². The Morgan fingerprint density at radius 2 is 0.760 bits per heavy atom. The van der Waals surface area contributed by atoms with Gasteiger partial charge in [-0.2, -0.15) is 0 Å². The molecule has 0 atom stereocenters. The normalized spacial score (nSPS) is 7.60. The lowest BCUT2D eigenvalue weighted by molar-refractivity contribution is 1.50. The zero-order valence-corrected chi connectivity index (χ0v) is 16.8. The van der Waals surface area contributed by atoms with Crippen LogP contribution in [0.25, 0.3) is 0 Å². The fourth-order valence-electron chi connectivity index (χ4n) is 0.967. The van der Waals surface area contributed by atoms with Crippen LogP contribution in [0.5, 0.6) is 0 Å². The van der Waals surface area contributed by atoms with Gasteiger partial charge < -0.3 is 0 Å². The van der Waals surface area contributed by atoms with E-state index in [0.29, 0.717) is 0 Å². The molecule has 0 aliphatic rings. The largest absolute Gasteiger partial charge is 0.0991 e. The molecule has 0 aliphatic carbocycles. The second-order valence-electron chi connectivity index (χ2n) is 3.39. The van der Waals surface area contributed by atoms with Crippen molar-refractivity contribution < 1.29 is 0 Å². The van der Waals surface area contributed by atoms with E-state index in [2.05, 4.69) is 26.3 Å². The molecule has 0 fully saturated rings. The zero-order chi connectivity index (χ0) is 19.6. The van der Waals surface area contributed by atoms with Crippen LogP contribution >= 0.6 is 0 Å². The Morgan fingerprint density at radius 3 is 0.920 bits per heavy atom. The standard InChI is InChI=1S/C12H14.C6H6.3C2H6.CH4/c1-5-7-9-11(3)12(4)10-8-6-2;1-2-4-6-5-3-1;3*1-2;/h5-10H,1-4H2;1-6H;3*1-2H3;1H4/b9-7-,10-8-;;;;;. The van der Waals surface area contributed by atoms with Crippen molar-refractivity contribution in [3.8, 4) is 0 Å². The van der Waals surface area contributed by atoms with E-state index in [1.54, 1.807) is 12.2 Å². The van der Waals surface area contributed by atoms with Gasteiger partial charge in [0.2, 0.25) is 0 Å². The third kappa shape index (κ3) is 34.1. The van der Waals surface area contributed by atoms with E-state index in [-0.39, 0.29) is 7.43 Å². The molecule has 0 saturated carbocycles. The van der Waals surface area contributed by atoms with E-state index in [0.717, 1.165) is 11.1 Å². The van der Waals surface area contributed by atoms with Crippen molar-refractivity contribution in [1.29, 1.82) is 0 Å². The third-order valence-electron chi connectivity index (χ3n) is 1.95. The summed E-state index contributed by atoms with van der Waals surface area (Å²) in [5, 5.41) is 0. The van der Waals surface area contributed by atoms with Gasteiger partial charge in [-0.25, -0.2) is 0 Å². The molecule has 0 heterocycles. The Kier molecular flexibility index (Phi) is 51.4. The van der Waals surface area contributed by atoms with Gasteiger partial charge in [-0.15, -0.1) is 0 Å². The number of allylic oxidation sites excluding steroid dienone is 8. The molecule has 25 heavy (non-hydrogen) atoms. The van der Waals surface area contributed by atoms with E-state index < -0.39 is 0 Å². The molecule has 0 unspecified atom stereocenters. The lowest BCUT2D eigenvalue weighted by Crippen LogP contribution is -1.76. The van der Waals surface area contributed by atoms with Crippen LogP contribution < -0.4 is 0 Å². The Hall–Kier alpha value is -2.34. The first-order chi connectivity index (χ1) is 11.7. The van der Waals surface area contributed by atoms with Crippen LogP contribution in [0, 0.1) is 0 Å². The van der Waals surface area contributed by atoms with Crippen LogP contribution in [-0.4, -0.2) is 0 Å². The van der Waals surface area contributed by atoms with E-state index in [9.17, 15) is 0 Å². The summed E-state index contributed by atoms with van der Waals surface area (Å²) in [7, 11) is 0. The molecule has 1 aromatic carbocycles. The number of benzene rings is 1. The van der Waals surface area contributed by atoms with Crippen molar-refractivity contribution in [3.05, 3.63) is 110 Å². The van der Waals surface area contributed by atoms with Gasteiger partial charge in [0.05, 0.1) is 0 Å². The highest BCUT2D eigenvalue weighted by molar-refractivity contribution is 5.43. The minimum absolute atomic E-state index is 0. The summed E-state index contributed by atoms with van der Waals surface area (Å²) in [5.41, 5.74) is 1.76. The van der Waals surface area contributed by atoms with Crippen LogP contribution in [0.3, 0.4) is 0 Å². The molecule has 0 nitrogen and oxygen atoms in total. The highest BCUT2D eigenvalue weighted by Crippen LogP contribution is 2.07. The first-order valence-electron chi connectivity index (χ1n) is 8.68. The van der Waals surface area contributed by atoms with E-state index in [1.165, 1.54) is 0 Å². The summed E-state index contributed by atoms with van der Waals surface area (Å²) in [6, 6.07) is 12.0. The van der Waals surface area contributed by atoms with Crippen molar-refractivity contribution >= 4 is 0 Å². The predicted molar refractivity (Wildman–Crippen MR) is 124 cm³/mol. The van der Waals surface area contributed by atoms with Gasteiger partial charge in [-0.3, -0.25) is 0 Å². The molecule has 0 spiro atoms. The molecule has 0 heteroatoms. The molecule has 142 valence electrons. The van der Waals surface area contributed by atoms with E-state index in [1.807, 2.05) is 102 Å². The topological polar surface area (TPSA) is 0 Å². The van der Waals surface area contributed by atoms with Crippen molar-refractivity contribution in [2.75, 3.05) is 0 Å². The van der Waals surface area contributed by atoms with Crippen LogP contribution in [0.1, 0.15) is 49.0 Å². The monoisotopic (exact) mass is 342 g/mol. The van der Waals surface area contributed by atoms with Crippen molar-refractivity contribution in [3.63, 3.8) is 0 Å². The van der Waals surface area contributed by atoms with Gasteiger partial charge in [0.15, 0.2) is 0 Å². The predicted octanol–water partition coefficient (Wildman–Crippen LogP) is 8.98. The molecule has 0 aromatic heterocycles. The molecule has 0 saturated heterocycles. The fourth-order valence-corrected chi connectivity index (χ4v) is 0.967. The van der Waals surface area contributed by atoms with Crippen LogP contribution in [0.15, 0.2) is 110 Å². The fraction of sp³-hybridized carbons (Fsp3) is 0.280. The van der Waals surface area contributed by atoms with Gasteiger partial charge in [-0.05, 0) is 11.1 Å². The Labute approximate surface area is 159 Å². The highest BCUT2D eigenvalue weighted by Gasteiger charge is 1.88. The Morgan fingerprint density at radius 1 is 0.560 bits per heavy atom. The SMILES string of the molecule is C.C=C/C=C\C(=C)C(=C)/C=C\C=C.CC.CC.CC.c1ccccc1. The number of rotatable bonds is 5. The molecule has 1 aromatic rings. The van der Waals surface area contributed by atoms with E-state index >= 15 is 0 Å². The second-order valence-corrected chi connectivity index (χ2v) is 3.39. The molecule has 0 aliphatic heterocycles. The zero-order valence-electron chi connectivity index (χ0n) is 16.8. The quantitative estimate of drug-likeness (QED) is 0.468. The smallest absolute Gasteiger partial charge is 0.0262 e. The summed E-state index contributed by atoms with van der Waals surface area (Å²) in [4.78, 5) is 0. The Bertz CT molecular complexity index is 376. The lowest BCUT2D eigenvalue weighted by Gasteiger charge is -1.96. The molecular formula is C25H42. The lowest BCUT2D eigenvalue weighted by atomic mass is 10.1. The van der Waals surface area contributed by atoms with Crippen molar-refractivity contribution in [1.82, 2.24) is 0 Å². The van der Waals surface area contributed by atoms with Gasteiger partial charge in [0.25, 0.3) is 0 Å². The summed E-state index contributed by atoms with van der Waals surface area (Å²) >= 11 is 0. The molecule has 0 radical (unpaired) electrons. The summed E-state index contributed by atoms with van der Waals surface area (Å²) in [6.45, 7) is 26.8. The maximum Gasteiger partial charge on any atom is -0.0262 e. The second kappa shape index (κ2) is 37.7. The average Bonchev–Trinajstić information content (AvgIpc) is 2.70. The molecule has 0 N–H and O–H groups in total. The average molecular weight is 343 g/mol. The van der Waals surface area contributed by atoms with Crippen molar-refractivity contribution in [2.24, 2.45) is 0 Å². The van der Waals surface area contributed by atoms with Crippen LogP contribution in [0.2, 0.25) is 0 Å². The first-order valence-corrected chi connectivity index (χ1v) is 8.68. The van der Waals surface area contributed by atoms with Gasteiger partial charge in [-0.1, -0.05) is 148 Å². The minimum Gasteiger partial charge on any atom is -0.0991 e. The van der Waals surface area contributed by atoms with Crippen molar-refractivity contribution in [2.45, 2.75) is 49.0 Å². The van der Waals surface area contributed by atoms with Gasteiger partial charge in [0.1, 0.15) is 0 Å². The van der Waals surface area contributed by atoms with Gasteiger partial charge in [0, 0.05) is 0 Å². The van der Waals surface area contributed by atoms with Crippen LogP contribution in [-0.2, 0) is 0 Å². The molecule has 1 rings (SSSR count). The van der Waals surface area contributed by atoms with Crippen LogP contribution in [0.4, 0.5) is 0 Å². The minimum atomic E-state index is 0.